The van der Waals surface area contributed by atoms with Crippen LogP contribution in [0.2, 0.25) is 0 Å². The molecule has 0 aliphatic heterocycles. The molecule has 1 heterocycles. The number of primary amides is 1. The predicted molar refractivity (Wildman–Crippen MR) is 86.6 cm³/mol. The van der Waals surface area contributed by atoms with Crippen molar-refractivity contribution in [2.75, 3.05) is 0 Å². The molecule has 6 nitrogen and oxygen atoms in total. The molecule has 0 bridgehead atoms. The van der Waals surface area contributed by atoms with E-state index in [0.29, 0.717) is 13.0 Å². The fourth-order valence-corrected chi connectivity index (χ4v) is 3.29. The fraction of sp³-hybridized carbons (Fsp3) is 0.412. The van der Waals surface area contributed by atoms with Crippen molar-refractivity contribution in [1.29, 1.82) is 0 Å². The van der Waals surface area contributed by atoms with E-state index in [4.69, 9.17) is 5.73 Å². The Morgan fingerprint density at radius 1 is 1.43 bits per heavy atom. The number of aliphatic hydroxyl groups is 1. The summed E-state index contributed by atoms with van der Waals surface area (Å²) in [6, 6.07) is 8.03. The van der Waals surface area contributed by atoms with Gasteiger partial charge in [0.1, 0.15) is 0 Å². The van der Waals surface area contributed by atoms with E-state index < -0.39 is 17.9 Å². The number of aliphatic hydroxyl groups excluding tert-OH is 1. The summed E-state index contributed by atoms with van der Waals surface area (Å²) in [6.07, 6.45) is -0.214. The molecule has 2 atom stereocenters. The standard InChI is InChI=1S/C17H22N4O2/c1-10-5-13(21(2)20-10)9-19-8-11-3-4-12-7-15(22)16(17(18)23)14(12)6-11/h3-6,15-16,19,22H,7-9H2,1-2H3,(H2,18,23). The van der Waals surface area contributed by atoms with Crippen LogP contribution in [0.3, 0.4) is 0 Å². The Kier molecular flexibility index (Phi) is 4.19. The van der Waals surface area contributed by atoms with Crippen LogP contribution < -0.4 is 11.1 Å². The van der Waals surface area contributed by atoms with Crippen molar-refractivity contribution < 1.29 is 9.90 Å². The van der Waals surface area contributed by atoms with Gasteiger partial charge in [-0.15, -0.1) is 0 Å². The number of carbonyl (C=O) groups is 1. The summed E-state index contributed by atoms with van der Waals surface area (Å²) in [5.41, 5.74) is 10.5. The van der Waals surface area contributed by atoms with Crippen LogP contribution in [0.1, 0.15) is 34.0 Å². The number of nitrogens with two attached hydrogens (primary N) is 1. The van der Waals surface area contributed by atoms with Crippen LogP contribution >= 0.6 is 0 Å². The third-order valence-corrected chi connectivity index (χ3v) is 4.40. The first-order chi connectivity index (χ1) is 11.0. The molecule has 122 valence electrons. The molecule has 2 aromatic rings. The zero-order chi connectivity index (χ0) is 16.6. The molecule has 2 unspecified atom stereocenters. The maximum Gasteiger partial charge on any atom is 0.227 e. The van der Waals surface area contributed by atoms with Crippen molar-refractivity contribution in [2.45, 2.75) is 38.5 Å². The lowest BCUT2D eigenvalue weighted by Gasteiger charge is -2.12. The number of benzene rings is 1. The molecule has 0 saturated carbocycles. The second-order valence-electron chi connectivity index (χ2n) is 6.19. The second kappa shape index (κ2) is 6.14. The molecule has 23 heavy (non-hydrogen) atoms. The molecule has 1 aliphatic rings. The lowest BCUT2D eigenvalue weighted by molar-refractivity contribution is -0.121. The number of hydrogen-bond donors (Lipinski definition) is 3. The first-order valence-corrected chi connectivity index (χ1v) is 7.75. The summed E-state index contributed by atoms with van der Waals surface area (Å²) in [6.45, 7) is 3.37. The normalized spacial score (nSPS) is 19.8. The van der Waals surface area contributed by atoms with Crippen LogP contribution in [0.5, 0.6) is 0 Å². The highest BCUT2D eigenvalue weighted by atomic mass is 16.3. The Labute approximate surface area is 135 Å². The smallest absolute Gasteiger partial charge is 0.227 e. The highest BCUT2D eigenvalue weighted by molar-refractivity contribution is 5.84. The number of carbonyl (C=O) groups excluding carboxylic acids is 1. The van der Waals surface area contributed by atoms with Gasteiger partial charge in [-0.1, -0.05) is 18.2 Å². The van der Waals surface area contributed by atoms with Crippen LogP contribution in [0.15, 0.2) is 24.3 Å². The number of rotatable bonds is 5. The lowest BCUT2D eigenvalue weighted by atomic mass is 9.97. The molecule has 4 N–H and O–H groups in total. The zero-order valence-electron chi connectivity index (χ0n) is 13.4. The van der Waals surface area contributed by atoms with E-state index >= 15 is 0 Å². The van der Waals surface area contributed by atoms with E-state index in [0.717, 1.165) is 34.6 Å². The molecule has 3 rings (SSSR count). The van der Waals surface area contributed by atoms with Gasteiger partial charge >= 0.3 is 0 Å². The van der Waals surface area contributed by atoms with E-state index in [1.807, 2.05) is 36.9 Å². The van der Waals surface area contributed by atoms with Gasteiger partial charge < -0.3 is 16.2 Å². The van der Waals surface area contributed by atoms with Gasteiger partial charge in [-0.05, 0) is 36.1 Å². The Morgan fingerprint density at radius 2 is 2.22 bits per heavy atom. The molecule has 6 heteroatoms. The number of fused-ring (bicyclic) bond motifs is 1. The van der Waals surface area contributed by atoms with Gasteiger partial charge in [0.25, 0.3) is 0 Å². The third kappa shape index (κ3) is 3.13. The van der Waals surface area contributed by atoms with Gasteiger partial charge in [-0.25, -0.2) is 0 Å². The van der Waals surface area contributed by atoms with Crippen LogP contribution in [-0.4, -0.2) is 26.9 Å². The minimum Gasteiger partial charge on any atom is -0.392 e. The van der Waals surface area contributed by atoms with E-state index in [1.54, 1.807) is 0 Å². The molecule has 0 fully saturated rings. The lowest BCUT2D eigenvalue weighted by Crippen LogP contribution is -2.28. The summed E-state index contributed by atoms with van der Waals surface area (Å²) >= 11 is 0. The third-order valence-electron chi connectivity index (χ3n) is 4.40. The number of amides is 1. The van der Waals surface area contributed by atoms with Crippen molar-refractivity contribution in [3.8, 4) is 0 Å². The summed E-state index contributed by atoms with van der Waals surface area (Å²) in [5.74, 6) is -1.06. The molecule has 0 saturated heterocycles. The quantitative estimate of drug-likeness (QED) is 0.749. The monoisotopic (exact) mass is 314 g/mol. The van der Waals surface area contributed by atoms with Gasteiger partial charge in [0.15, 0.2) is 0 Å². The van der Waals surface area contributed by atoms with Gasteiger partial charge in [-0.3, -0.25) is 9.48 Å². The Balaban J connectivity index is 1.68. The molecule has 1 aromatic carbocycles. The van der Waals surface area contributed by atoms with E-state index in [2.05, 4.69) is 16.5 Å². The average Bonchev–Trinajstić information content (AvgIpc) is 2.97. The summed E-state index contributed by atoms with van der Waals surface area (Å²) in [4.78, 5) is 11.6. The second-order valence-corrected chi connectivity index (χ2v) is 6.19. The minimum absolute atomic E-state index is 0.466. The number of nitrogens with one attached hydrogen (secondary N) is 1. The van der Waals surface area contributed by atoms with Gasteiger partial charge in [0.05, 0.1) is 23.4 Å². The van der Waals surface area contributed by atoms with Gasteiger partial charge in [0.2, 0.25) is 5.91 Å². The molecule has 1 amide bonds. The maximum atomic E-state index is 11.6. The van der Waals surface area contributed by atoms with E-state index in [9.17, 15) is 9.90 Å². The summed E-state index contributed by atoms with van der Waals surface area (Å²) in [5, 5.41) is 17.7. The first-order valence-electron chi connectivity index (χ1n) is 7.75. The number of aromatic nitrogens is 2. The Morgan fingerprint density at radius 3 is 2.87 bits per heavy atom. The molecular weight excluding hydrogens is 292 g/mol. The van der Waals surface area contributed by atoms with E-state index in [1.165, 1.54) is 0 Å². The van der Waals surface area contributed by atoms with Crippen molar-refractivity contribution in [3.63, 3.8) is 0 Å². The number of hydrogen-bond acceptors (Lipinski definition) is 4. The summed E-state index contributed by atoms with van der Waals surface area (Å²) < 4.78 is 1.87. The topological polar surface area (TPSA) is 93.2 Å². The van der Waals surface area contributed by atoms with Crippen LogP contribution in [0.25, 0.3) is 0 Å². The molecule has 1 aliphatic carbocycles. The van der Waals surface area contributed by atoms with Crippen LogP contribution in [0, 0.1) is 6.92 Å². The highest BCUT2D eigenvalue weighted by Crippen LogP contribution is 2.33. The van der Waals surface area contributed by atoms with Crippen molar-refractivity contribution in [1.82, 2.24) is 15.1 Å². The Bertz CT molecular complexity index is 738. The number of nitrogens with zero attached hydrogens (tertiary/aromatic N) is 2. The van der Waals surface area contributed by atoms with Gasteiger partial charge in [-0.2, -0.15) is 5.10 Å². The molecular formula is C17H22N4O2. The van der Waals surface area contributed by atoms with Crippen LogP contribution in [0.4, 0.5) is 0 Å². The summed E-state index contributed by atoms with van der Waals surface area (Å²) in [7, 11) is 1.93. The molecule has 0 radical (unpaired) electrons. The highest BCUT2D eigenvalue weighted by Gasteiger charge is 2.35. The SMILES string of the molecule is Cc1cc(CNCc2ccc3c(c2)C(C(N)=O)C(O)C3)n(C)n1. The average molecular weight is 314 g/mol. The largest absolute Gasteiger partial charge is 0.392 e. The van der Waals surface area contributed by atoms with Crippen molar-refractivity contribution >= 4 is 5.91 Å². The Hall–Kier alpha value is -2.18. The molecule has 0 spiro atoms. The zero-order valence-corrected chi connectivity index (χ0v) is 13.4. The maximum absolute atomic E-state index is 11.6. The number of aryl methyl sites for hydroxylation is 2. The van der Waals surface area contributed by atoms with E-state index in [-0.39, 0.29) is 0 Å². The van der Waals surface area contributed by atoms with Crippen LogP contribution in [-0.2, 0) is 31.4 Å². The molecule has 1 aromatic heterocycles. The fourth-order valence-electron chi connectivity index (χ4n) is 3.29. The first kappa shape index (κ1) is 15.7. The van der Waals surface area contributed by atoms with Gasteiger partial charge in [0, 0.05) is 20.1 Å². The van der Waals surface area contributed by atoms with Crippen molar-refractivity contribution in [3.05, 3.63) is 52.3 Å². The van der Waals surface area contributed by atoms with Crippen molar-refractivity contribution in [2.24, 2.45) is 12.8 Å². The minimum atomic E-state index is -0.705. The predicted octanol–water partition coefficient (Wildman–Crippen LogP) is 0.504.